The van der Waals surface area contributed by atoms with E-state index >= 15 is 0 Å². The molecule has 0 bridgehead atoms. The van der Waals surface area contributed by atoms with Crippen molar-refractivity contribution in [1.29, 1.82) is 0 Å². The Morgan fingerprint density at radius 3 is 1.73 bits per heavy atom. The van der Waals surface area contributed by atoms with Crippen LogP contribution in [0.25, 0.3) is 110 Å². The Kier molecular flexibility index (Phi) is 9.10. The van der Waals surface area contributed by atoms with Gasteiger partial charge in [0.15, 0.2) is 0 Å². The lowest BCUT2D eigenvalue weighted by Crippen LogP contribution is -2.03. The quantitative estimate of drug-likeness (QED) is 0.124. The van der Waals surface area contributed by atoms with E-state index in [0.29, 0.717) is 5.95 Å². The van der Waals surface area contributed by atoms with Gasteiger partial charge in [-0.1, -0.05) is 183 Å². The van der Waals surface area contributed by atoms with Crippen molar-refractivity contribution in [3.63, 3.8) is 0 Å². The van der Waals surface area contributed by atoms with Gasteiger partial charge in [0, 0.05) is 43.6 Å². The fourth-order valence-corrected chi connectivity index (χ4v) is 9.09. The second-order valence-corrected chi connectivity index (χ2v) is 15.4. The van der Waals surface area contributed by atoms with E-state index in [1.54, 1.807) is 12.2 Å². The van der Waals surface area contributed by atoms with E-state index in [9.17, 15) is 0 Å². The van der Waals surface area contributed by atoms with Crippen LogP contribution in [0, 0.1) is 0 Å². The van der Waals surface area contributed by atoms with Crippen LogP contribution in [0.4, 0.5) is 0 Å². The molecule has 0 spiro atoms. The molecule has 3 aromatic heterocycles. The number of hydrogen-bond acceptors (Lipinski definition) is 2. The molecule has 4 heteroatoms. The molecule has 0 N–H and O–H groups in total. The maximum Gasteiger partial charge on any atom is 0.235 e. The predicted molar refractivity (Wildman–Crippen MR) is 262 cm³/mol. The summed E-state index contributed by atoms with van der Waals surface area (Å²) in [5.41, 5.74) is 13.4. The van der Waals surface area contributed by atoms with Crippen molar-refractivity contribution >= 4 is 65.3 Å². The summed E-state index contributed by atoms with van der Waals surface area (Å²) in [5.74, 6) is 0.661. The molecule has 0 unspecified atom stereocenters. The molecule has 9 aromatic carbocycles. The fraction of sp³-hybridized carbons (Fsp3) is 0. The van der Waals surface area contributed by atoms with E-state index in [1.807, 2.05) is 6.07 Å². The van der Waals surface area contributed by atoms with Crippen molar-refractivity contribution in [2.75, 3.05) is 0 Å². The molecule has 3 heterocycles. The minimum absolute atomic E-state index is 0.661. The Hall–Kier alpha value is -8.34. The monoisotopic (exact) mass is 792 g/mol. The summed E-state index contributed by atoms with van der Waals surface area (Å²) in [5, 5.41) is 8.17. The fourth-order valence-electron chi connectivity index (χ4n) is 9.09. The first-order valence-electron chi connectivity index (χ1n) is 20.9. The second kappa shape index (κ2) is 15.4. The normalized spacial score (nSPS) is 11.4. The molecule has 292 valence electrons. The number of allylic oxidation sites excluding steroid dienone is 2. The van der Waals surface area contributed by atoms with Crippen LogP contribution >= 0.6 is 0 Å². The van der Waals surface area contributed by atoms with Gasteiger partial charge in [0.2, 0.25) is 5.95 Å². The Bertz CT molecular complexity index is 3650. The van der Waals surface area contributed by atoms with Crippen LogP contribution in [0.2, 0.25) is 0 Å². The summed E-state index contributed by atoms with van der Waals surface area (Å²) in [6.07, 6.45) is 3.28. The maximum atomic E-state index is 5.36. The first kappa shape index (κ1) is 36.7. The van der Waals surface area contributed by atoms with Crippen molar-refractivity contribution in [3.05, 3.63) is 232 Å². The van der Waals surface area contributed by atoms with E-state index < -0.39 is 0 Å². The highest BCUT2D eigenvalue weighted by atomic mass is 15.2. The highest BCUT2D eigenvalue weighted by Gasteiger charge is 2.20. The SMILES string of the molecule is C=CC=C.c1ccc(-c2nc(-n3c4ccccc4c4cc(-c5ccc(-c6cccc7c6c6ccccc6n7-c6ccccc6)cc5)ccc43)nc3c2ccc2ccccc23)cc1. The molecule has 0 aliphatic carbocycles. The van der Waals surface area contributed by atoms with Crippen LogP contribution in [0.1, 0.15) is 0 Å². The summed E-state index contributed by atoms with van der Waals surface area (Å²) in [6, 6.07) is 73.8. The largest absolute Gasteiger partial charge is 0.309 e. The van der Waals surface area contributed by atoms with E-state index in [4.69, 9.17) is 9.97 Å². The zero-order valence-corrected chi connectivity index (χ0v) is 34.0. The lowest BCUT2D eigenvalue weighted by atomic mass is 9.96. The van der Waals surface area contributed by atoms with Gasteiger partial charge in [-0.3, -0.25) is 4.57 Å². The van der Waals surface area contributed by atoms with Gasteiger partial charge in [-0.2, -0.15) is 0 Å². The molecule has 12 aromatic rings. The van der Waals surface area contributed by atoms with E-state index in [0.717, 1.165) is 55.2 Å². The van der Waals surface area contributed by atoms with Crippen molar-refractivity contribution in [1.82, 2.24) is 19.1 Å². The molecule has 0 radical (unpaired) electrons. The zero-order valence-electron chi connectivity index (χ0n) is 34.0. The highest BCUT2D eigenvalue weighted by Crippen LogP contribution is 2.40. The van der Waals surface area contributed by atoms with Crippen LogP contribution in [0.3, 0.4) is 0 Å². The number of fused-ring (bicyclic) bond motifs is 9. The molecule has 0 aliphatic rings. The van der Waals surface area contributed by atoms with Crippen LogP contribution in [0.15, 0.2) is 232 Å². The van der Waals surface area contributed by atoms with Crippen LogP contribution in [-0.4, -0.2) is 19.1 Å². The Morgan fingerprint density at radius 1 is 0.371 bits per heavy atom. The predicted octanol–water partition coefficient (Wildman–Crippen LogP) is 15.3. The number of benzene rings is 9. The van der Waals surface area contributed by atoms with Crippen LogP contribution in [0.5, 0.6) is 0 Å². The van der Waals surface area contributed by atoms with Crippen molar-refractivity contribution < 1.29 is 0 Å². The van der Waals surface area contributed by atoms with Gasteiger partial charge in [0.05, 0.1) is 33.3 Å². The van der Waals surface area contributed by atoms with Crippen molar-refractivity contribution in [3.8, 4) is 45.1 Å². The van der Waals surface area contributed by atoms with Gasteiger partial charge in [0.1, 0.15) is 0 Å². The summed E-state index contributed by atoms with van der Waals surface area (Å²) in [7, 11) is 0. The smallest absolute Gasteiger partial charge is 0.235 e. The molecular formula is C58H40N4. The maximum absolute atomic E-state index is 5.36. The Labute approximate surface area is 359 Å². The lowest BCUT2D eigenvalue weighted by molar-refractivity contribution is 1.02. The molecule has 12 rings (SSSR count). The molecule has 4 nitrogen and oxygen atoms in total. The molecule has 0 fully saturated rings. The van der Waals surface area contributed by atoms with Gasteiger partial charge in [-0.15, -0.1) is 0 Å². The van der Waals surface area contributed by atoms with Gasteiger partial charge < -0.3 is 4.57 Å². The van der Waals surface area contributed by atoms with Gasteiger partial charge in [-0.25, -0.2) is 9.97 Å². The van der Waals surface area contributed by atoms with Crippen molar-refractivity contribution in [2.45, 2.75) is 0 Å². The van der Waals surface area contributed by atoms with Crippen LogP contribution < -0.4 is 0 Å². The van der Waals surface area contributed by atoms with E-state index in [2.05, 4.69) is 222 Å². The number of nitrogens with zero attached hydrogens (tertiary/aromatic N) is 4. The zero-order chi connectivity index (χ0) is 41.6. The number of aromatic nitrogens is 4. The van der Waals surface area contributed by atoms with Crippen molar-refractivity contribution in [2.24, 2.45) is 0 Å². The summed E-state index contributed by atoms with van der Waals surface area (Å²) in [4.78, 5) is 10.7. The molecule has 0 aliphatic heterocycles. The number of para-hydroxylation sites is 3. The number of hydrogen-bond donors (Lipinski definition) is 0. The first-order chi connectivity index (χ1) is 30.7. The average molecular weight is 793 g/mol. The van der Waals surface area contributed by atoms with Crippen LogP contribution in [-0.2, 0) is 0 Å². The first-order valence-corrected chi connectivity index (χ1v) is 20.9. The third kappa shape index (κ3) is 6.08. The molecule has 0 saturated heterocycles. The minimum atomic E-state index is 0.661. The second-order valence-electron chi connectivity index (χ2n) is 15.4. The average Bonchev–Trinajstić information content (AvgIpc) is 3.87. The summed E-state index contributed by atoms with van der Waals surface area (Å²) >= 11 is 0. The third-order valence-electron chi connectivity index (χ3n) is 11.9. The highest BCUT2D eigenvalue weighted by molar-refractivity contribution is 6.16. The van der Waals surface area contributed by atoms with E-state index in [-0.39, 0.29) is 0 Å². The number of rotatable bonds is 6. The van der Waals surface area contributed by atoms with Gasteiger partial charge in [0.25, 0.3) is 0 Å². The molecule has 0 atom stereocenters. The van der Waals surface area contributed by atoms with Gasteiger partial charge in [-0.05, 0) is 76.2 Å². The summed E-state index contributed by atoms with van der Waals surface area (Å²) in [6.45, 7) is 6.72. The topological polar surface area (TPSA) is 35.6 Å². The molecule has 0 amide bonds. The lowest BCUT2D eigenvalue weighted by Gasteiger charge is -2.13. The molecule has 62 heavy (non-hydrogen) atoms. The third-order valence-corrected chi connectivity index (χ3v) is 11.9. The van der Waals surface area contributed by atoms with Gasteiger partial charge >= 0.3 is 0 Å². The molecule has 0 saturated carbocycles. The summed E-state index contributed by atoms with van der Waals surface area (Å²) < 4.78 is 4.61. The standard InChI is InChI=1S/C54H34N4.C4H6/c1-3-15-38(16-4-1)52-45-32-30-36-14-7-8-19-42(36)53(45)56-54(55-52)58-47-23-11-9-20-43(47)46-34-39(31-33-49(46)58)35-26-28-37(29-27-35)41-22-13-25-50-51(41)44-21-10-12-24-48(44)57(50)40-17-5-2-6-18-40;1-3-4-2/h1-34H;3-4H,1-2H2. The molecular weight excluding hydrogens is 753 g/mol. The van der Waals surface area contributed by atoms with E-state index in [1.165, 1.54) is 49.3 Å². The Morgan fingerprint density at radius 2 is 0.968 bits per heavy atom. The minimum Gasteiger partial charge on any atom is -0.309 e. The Balaban J connectivity index is 0.00000104.